The highest BCUT2D eigenvalue weighted by Gasteiger charge is 2.15. The molecule has 1 rings (SSSR count). The molecule has 0 saturated carbocycles. The van der Waals surface area contributed by atoms with Gasteiger partial charge in [-0.25, -0.2) is 0 Å². The standard InChI is InChI=1S/C11H18N2O2S/c1-3-5-13-9(11(12)14)7-16-10-4-6-15-8(10)2/h4,6,9,13H,3,5,7H2,1-2H3,(H2,12,14). The first-order valence-corrected chi connectivity index (χ1v) is 6.33. The number of primary amides is 1. The van der Waals surface area contributed by atoms with Crippen LogP contribution in [-0.2, 0) is 4.79 Å². The molecule has 0 radical (unpaired) electrons. The van der Waals surface area contributed by atoms with Gasteiger partial charge in [0.1, 0.15) is 5.76 Å². The van der Waals surface area contributed by atoms with Crippen LogP contribution in [0.15, 0.2) is 21.6 Å². The molecule has 0 spiro atoms. The zero-order valence-electron chi connectivity index (χ0n) is 9.66. The molecule has 16 heavy (non-hydrogen) atoms. The van der Waals surface area contributed by atoms with Gasteiger partial charge in [0.2, 0.25) is 5.91 Å². The van der Waals surface area contributed by atoms with E-state index >= 15 is 0 Å². The fraction of sp³-hybridized carbons (Fsp3) is 0.545. The minimum absolute atomic E-state index is 0.278. The van der Waals surface area contributed by atoms with Crippen molar-refractivity contribution in [3.8, 4) is 0 Å². The molecule has 0 saturated heterocycles. The van der Waals surface area contributed by atoms with E-state index in [4.69, 9.17) is 10.2 Å². The summed E-state index contributed by atoms with van der Waals surface area (Å²) in [6, 6.07) is 1.62. The number of nitrogens with one attached hydrogen (secondary N) is 1. The molecule has 1 amide bonds. The molecule has 0 aliphatic rings. The van der Waals surface area contributed by atoms with Crippen molar-refractivity contribution < 1.29 is 9.21 Å². The summed E-state index contributed by atoms with van der Waals surface area (Å²) in [6.07, 6.45) is 2.63. The number of carbonyl (C=O) groups excluding carboxylic acids is 1. The van der Waals surface area contributed by atoms with Crippen molar-refractivity contribution in [2.45, 2.75) is 31.2 Å². The van der Waals surface area contributed by atoms with Gasteiger partial charge in [0.05, 0.1) is 12.3 Å². The van der Waals surface area contributed by atoms with Crippen LogP contribution >= 0.6 is 11.8 Å². The van der Waals surface area contributed by atoms with E-state index in [9.17, 15) is 4.79 Å². The summed E-state index contributed by atoms with van der Waals surface area (Å²) < 4.78 is 5.18. The highest BCUT2D eigenvalue weighted by Crippen LogP contribution is 2.23. The smallest absolute Gasteiger partial charge is 0.235 e. The Hall–Kier alpha value is -0.940. The van der Waals surface area contributed by atoms with Gasteiger partial charge in [0, 0.05) is 10.6 Å². The third-order valence-electron chi connectivity index (χ3n) is 2.20. The summed E-state index contributed by atoms with van der Waals surface area (Å²) >= 11 is 1.58. The maximum atomic E-state index is 11.2. The summed E-state index contributed by atoms with van der Waals surface area (Å²) in [7, 11) is 0. The van der Waals surface area contributed by atoms with E-state index in [1.54, 1.807) is 18.0 Å². The largest absolute Gasteiger partial charge is 0.468 e. The summed E-state index contributed by atoms with van der Waals surface area (Å²) in [5.74, 6) is 1.21. The Morgan fingerprint density at radius 3 is 2.94 bits per heavy atom. The van der Waals surface area contributed by atoms with Crippen molar-refractivity contribution in [1.29, 1.82) is 0 Å². The van der Waals surface area contributed by atoms with Crippen LogP contribution < -0.4 is 11.1 Å². The molecule has 1 aromatic heterocycles. The lowest BCUT2D eigenvalue weighted by molar-refractivity contribution is -0.119. The molecule has 1 atom stereocenters. The van der Waals surface area contributed by atoms with Crippen molar-refractivity contribution in [1.82, 2.24) is 5.32 Å². The molecule has 1 aromatic rings. The Morgan fingerprint density at radius 2 is 2.44 bits per heavy atom. The third kappa shape index (κ3) is 3.90. The molecule has 0 aromatic carbocycles. The third-order valence-corrected chi connectivity index (χ3v) is 3.44. The summed E-state index contributed by atoms with van der Waals surface area (Å²) in [6.45, 7) is 4.76. The van der Waals surface area contributed by atoms with Gasteiger partial charge in [-0.15, -0.1) is 11.8 Å². The first kappa shape index (κ1) is 13.1. The molecular weight excluding hydrogens is 224 g/mol. The number of aryl methyl sites for hydroxylation is 1. The molecule has 4 nitrogen and oxygen atoms in total. The molecule has 0 bridgehead atoms. The first-order valence-electron chi connectivity index (χ1n) is 5.34. The second kappa shape index (κ2) is 6.60. The van der Waals surface area contributed by atoms with Crippen LogP contribution in [0.2, 0.25) is 0 Å². The van der Waals surface area contributed by atoms with Gasteiger partial charge in [-0.3, -0.25) is 4.79 Å². The second-order valence-electron chi connectivity index (χ2n) is 3.56. The van der Waals surface area contributed by atoms with Gasteiger partial charge in [-0.05, 0) is 26.0 Å². The Bertz CT molecular complexity index is 338. The maximum absolute atomic E-state index is 11.2. The Morgan fingerprint density at radius 1 is 1.69 bits per heavy atom. The van der Waals surface area contributed by atoms with Gasteiger partial charge < -0.3 is 15.5 Å². The van der Waals surface area contributed by atoms with Crippen molar-refractivity contribution in [3.05, 3.63) is 18.1 Å². The molecule has 0 fully saturated rings. The zero-order chi connectivity index (χ0) is 12.0. The molecule has 90 valence electrons. The number of nitrogens with two attached hydrogens (primary N) is 1. The van der Waals surface area contributed by atoms with E-state index < -0.39 is 0 Å². The fourth-order valence-corrected chi connectivity index (χ4v) is 2.29. The fourth-order valence-electron chi connectivity index (χ4n) is 1.26. The Labute approximate surface area is 100.0 Å². The lowest BCUT2D eigenvalue weighted by Gasteiger charge is -2.13. The number of rotatable bonds is 7. The molecule has 0 aliphatic carbocycles. The topological polar surface area (TPSA) is 68.3 Å². The van der Waals surface area contributed by atoms with E-state index in [1.807, 2.05) is 13.0 Å². The van der Waals surface area contributed by atoms with Gasteiger partial charge in [0.15, 0.2) is 0 Å². The molecule has 0 aliphatic heterocycles. The number of thioether (sulfide) groups is 1. The van der Waals surface area contributed by atoms with Crippen LogP contribution in [0, 0.1) is 6.92 Å². The van der Waals surface area contributed by atoms with Gasteiger partial charge in [-0.1, -0.05) is 6.92 Å². The van der Waals surface area contributed by atoms with Gasteiger partial charge >= 0.3 is 0 Å². The van der Waals surface area contributed by atoms with Crippen LogP contribution in [0.25, 0.3) is 0 Å². The predicted molar refractivity (Wildman–Crippen MR) is 65.4 cm³/mol. The zero-order valence-corrected chi connectivity index (χ0v) is 10.5. The lowest BCUT2D eigenvalue weighted by atomic mass is 10.3. The van der Waals surface area contributed by atoms with Crippen molar-refractivity contribution in [3.63, 3.8) is 0 Å². The van der Waals surface area contributed by atoms with Gasteiger partial charge in [0.25, 0.3) is 0 Å². The van der Waals surface area contributed by atoms with E-state index in [0.29, 0.717) is 5.75 Å². The number of furan rings is 1. The number of amides is 1. The molecular formula is C11H18N2O2S. The highest BCUT2D eigenvalue weighted by atomic mass is 32.2. The second-order valence-corrected chi connectivity index (χ2v) is 4.62. The average molecular weight is 242 g/mol. The van der Waals surface area contributed by atoms with E-state index in [0.717, 1.165) is 23.6 Å². The van der Waals surface area contributed by atoms with E-state index in [2.05, 4.69) is 12.2 Å². The maximum Gasteiger partial charge on any atom is 0.235 e. The van der Waals surface area contributed by atoms with Crippen molar-refractivity contribution in [2.24, 2.45) is 5.73 Å². The first-order chi connectivity index (χ1) is 7.65. The monoisotopic (exact) mass is 242 g/mol. The summed E-state index contributed by atoms with van der Waals surface area (Å²) in [5, 5.41) is 3.12. The lowest BCUT2D eigenvalue weighted by Crippen LogP contribution is -2.43. The SMILES string of the molecule is CCCNC(CSc1ccoc1C)C(N)=O. The molecule has 1 heterocycles. The van der Waals surface area contributed by atoms with Gasteiger partial charge in [-0.2, -0.15) is 0 Å². The highest BCUT2D eigenvalue weighted by molar-refractivity contribution is 7.99. The van der Waals surface area contributed by atoms with E-state index in [-0.39, 0.29) is 11.9 Å². The molecule has 5 heteroatoms. The Kier molecular flexibility index (Phi) is 5.42. The van der Waals surface area contributed by atoms with Crippen molar-refractivity contribution in [2.75, 3.05) is 12.3 Å². The van der Waals surface area contributed by atoms with E-state index in [1.165, 1.54) is 0 Å². The summed E-state index contributed by atoms with van der Waals surface area (Å²) in [4.78, 5) is 12.2. The predicted octanol–water partition coefficient (Wildman–Crippen LogP) is 1.53. The van der Waals surface area contributed by atoms with Crippen LogP contribution in [-0.4, -0.2) is 24.2 Å². The summed E-state index contributed by atoms with van der Waals surface area (Å²) in [5.41, 5.74) is 5.32. The minimum atomic E-state index is -0.304. The van der Waals surface area contributed by atoms with Crippen LogP contribution in [0.4, 0.5) is 0 Å². The van der Waals surface area contributed by atoms with Crippen molar-refractivity contribution >= 4 is 17.7 Å². The van der Waals surface area contributed by atoms with Crippen LogP contribution in [0.5, 0.6) is 0 Å². The molecule has 3 N–H and O–H groups in total. The number of hydrogen-bond donors (Lipinski definition) is 2. The average Bonchev–Trinajstić information content (AvgIpc) is 2.64. The quantitative estimate of drug-likeness (QED) is 0.712. The number of hydrogen-bond acceptors (Lipinski definition) is 4. The minimum Gasteiger partial charge on any atom is -0.468 e. The van der Waals surface area contributed by atoms with Crippen LogP contribution in [0.3, 0.4) is 0 Å². The van der Waals surface area contributed by atoms with Crippen LogP contribution in [0.1, 0.15) is 19.1 Å². The Balaban J connectivity index is 2.44. The normalized spacial score (nSPS) is 12.6. The number of carbonyl (C=O) groups is 1. The molecule has 1 unspecified atom stereocenters.